The number of methoxy groups -OCH3 is 1. The van der Waals surface area contributed by atoms with Crippen molar-refractivity contribution in [2.24, 2.45) is 0 Å². The Labute approximate surface area is 200 Å². The molecule has 0 radical (unpaired) electrons. The SMILES string of the molecule is C#CC(=O)N1CCC(Oc2cc3c(Cc4ccc(Cl)c(Cl)c4F)ncnc3cc2OC)CC1. The molecule has 1 aliphatic rings. The van der Waals surface area contributed by atoms with E-state index < -0.39 is 5.82 Å². The summed E-state index contributed by atoms with van der Waals surface area (Å²) in [5, 5.41) is 0.743. The van der Waals surface area contributed by atoms with Gasteiger partial charge in [0, 0.05) is 43.8 Å². The van der Waals surface area contributed by atoms with E-state index in [2.05, 4.69) is 15.9 Å². The highest BCUT2D eigenvalue weighted by Crippen LogP contribution is 2.35. The van der Waals surface area contributed by atoms with Crippen LogP contribution >= 0.6 is 23.2 Å². The predicted molar refractivity (Wildman–Crippen MR) is 124 cm³/mol. The standard InChI is InChI=1S/C24H20Cl2FN3O3/c1-3-22(31)30-8-6-15(7-9-30)33-21-11-16-18(28-13-29-19(16)12-20(21)32-2)10-14-4-5-17(25)23(26)24(14)27/h1,4-5,11-13,15H,6-10H2,2H3. The molecule has 3 aromatic rings. The molecule has 0 spiro atoms. The summed E-state index contributed by atoms with van der Waals surface area (Å²) in [6.45, 7) is 1.04. The molecule has 1 fully saturated rings. The predicted octanol–water partition coefficient (Wildman–Crippen LogP) is 4.68. The van der Waals surface area contributed by atoms with Gasteiger partial charge in [-0.25, -0.2) is 14.4 Å². The van der Waals surface area contributed by atoms with E-state index in [0.29, 0.717) is 59.6 Å². The van der Waals surface area contributed by atoms with Crippen molar-refractivity contribution in [2.75, 3.05) is 20.2 Å². The van der Waals surface area contributed by atoms with Gasteiger partial charge < -0.3 is 14.4 Å². The van der Waals surface area contributed by atoms with Gasteiger partial charge in [-0.15, -0.1) is 6.42 Å². The molecule has 1 aromatic heterocycles. The molecule has 0 bridgehead atoms. The quantitative estimate of drug-likeness (QED) is 0.386. The number of piperidine rings is 1. The summed E-state index contributed by atoms with van der Waals surface area (Å²) in [7, 11) is 1.55. The Hall–Kier alpha value is -3.08. The number of halogens is 3. The fourth-order valence-electron chi connectivity index (χ4n) is 3.84. The number of rotatable bonds is 5. The van der Waals surface area contributed by atoms with Crippen LogP contribution in [0.25, 0.3) is 10.9 Å². The van der Waals surface area contributed by atoms with E-state index in [1.54, 1.807) is 36.3 Å². The third kappa shape index (κ3) is 4.82. The minimum Gasteiger partial charge on any atom is -0.493 e. The number of hydrogen-bond acceptors (Lipinski definition) is 5. The van der Waals surface area contributed by atoms with Gasteiger partial charge in [-0.3, -0.25) is 4.79 Å². The summed E-state index contributed by atoms with van der Waals surface area (Å²) in [5.41, 5.74) is 1.62. The molecular formula is C24H20Cl2FN3O3. The number of carbonyl (C=O) groups excluding carboxylic acids is 1. The molecule has 6 nitrogen and oxygen atoms in total. The van der Waals surface area contributed by atoms with Gasteiger partial charge in [0.25, 0.3) is 5.91 Å². The highest BCUT2D eigenvalue weighted by atomic mass is 35.5. The maximum atomic E-state index is 14.6. The van der Waals surface area contributed by atoms with Crippen LogP contribution in [-0.4, -0.2) is 47.1 Å². The molecule has 2 heterocycles. The smallest absolute Gasteiger partial charge is 0.298 e. The highest BCUT2D eigenvalue weighted by Gasteiger charge is 2.24. The number of terminal acetylenes is 1. The molecule has 0 N–H and O–H groups in total. The van der Waals surface area contributed by atoms with Gasteiger partial charge in [-0.05, 0) is 23.6 Å². The Bertz CT molecular complexity index is 1250. The highest BCUT2D eigenvalue weighted by molar-refractivity contribution is 6.42. The van der Waals surface area contributed by atoms with Crippen LogP contribution in [0, 0.1) is 18.2 Å². The monoisotopic (exact) mass is 487 g/mol. The van der Waals surface area contributed by atoms with E-state index in [4.69, 9.17) is 39.1 Å². The average molecular weight is 488 g/mol. The second-order valence-electron chi connectivity index (χ2n) is 7.61. The van der Waals surface area contributed by atoms with Crippen molar-refractivity contribution in [1.29, 1.82) is 0 Å². The van der Waals surface area contributed by atoms with Gasteiger partial charge in [0.1, 0.15) is 18.2 Å². The van der Waals surface area contributed by atoms with E-state index in [9.17, 15) is 9.18 Å². The number of ether oxygens (including phenoxy) is 2. The van der Waals surface area contributed by atoms with Crippen molar-refractivity contribution >= 4 is 40.0 Å². The van der Waals surface area contributed by atoms with E-state index >= 15 is 0 Å². The molecule has 0 unspecified atom stereocenters. The van der Waals surface area contributed by atoms with Gasteiger partial charge in [-0.1, -0.05) is 29.3 Å². The van der Waals surface area contributed by atoms with Gasteiger partial charge in [0.05, 0.1) is 28.4 Å². The van der Waals surface area contributed by atoms with Crippen LogP contribution in [0.3, 0.4) is 0 Å². The van der Waals surface area contributed by atoms with Crippen LogP contribution in [0.15, 0.2) is 30.6 Å². The van der Waals surface area contributed by atoms with Crippen LogP contribution in [0.4, 0.5) is 4.39 Å². The lowest BCUT2D eigenvalue weighted by atomic mass is 10.0. The number of carbonyl (C=O) groups is 1. The molecule has 1 aliphatic heterocycles. The first-order valence-electron chi connectivity index (χ1n) is 10.3. The van der Waals surface area contributed by atoms with Crippen LogP contribution in [-0.2, 0) is 11.2 Å². The Balaban J connectivity index is 1.63. The molecule has 33 heavy (non-hydrogen) atoms. The molecule has 9 heteroatoms. The summed E-state index contributed by atoms with van der Waals surface area (Å²) in [6, 6.07) is 6.71. The van der Waals surface area contributed by atoms with Crippen molar-refractivity contribution < 1.29 is 18.7 Å². The zero-order valence-electron chi connectivity index (χ0n) is 17.8. The number of fused-ring (bicyclic) bond motifs is 1. The van der Waals surface area contributed by atoms with E-state index in [1.165, 1.54) is 6.33 Å². The van der Waals surface area contributed by atoms with Gasteiger partial charge >= 0.3 is 0 Å². The lowest BCUT2D eigenvalue weighted by Gasteiger charge is -2.31. The Morgan fingerprint density at radius 1 is 1.24 bits per heavy atom. The molecule has 0 saturated carbocycles. The first kappa shape index (κ1) is 23.1. The van der Waals surface area contributed by atoms with Crippen molar-refractivity contribution in [3.63, 3.8) is 0 Å². The number of hydrogen-bond donors (Lipinski definition) is 0. The summed E-state index contributed by atoms with van der Waals surface area (Å²) < 4.78 is 26.4. The Kier molecular flexibility index (Phi) is 6.87. The minimum atomic E-state index is -0.575. The maximum absolute atomic E-state index is 14.6. The molecule has 170 valence electrons. The van der Waals surface area contributed by atoms with Crippen LogP contribution in [0.2, 0.25) is 10.0 Å². The Morgan fingerprint density at radius 2 is 2.00 bits per heavy atom. The zero-order valence-corrected chi connectivity index (χ0v) is 19.3. The van der Waals surface area contributed by atoms with Crippen LogP contribution in [0.1, 0.15) is 24.1 Å². The van der Waals surface area contributed by atoms with Crippen molar-refractivity contribution in [3.05, 3.63) is 57.7 Å². The third-order valence-corrected chi connectivity index (χ3v) is 6.40. The van der Waals surface area contributed by atoms with Crippen molar-refractivity contribution in [3.8, 4) is 23.8 Å². The second-order valence-corrected chi connectivity index (χ2v) is 8.39. The molecule has 0 atom stereocenters. The van der Waals surface area contributed by atoms with Gasteiger partial charge in [0.2, 0.25) is 0 Å². The third-order valence-electron chi connectivity index (χ3n) is 5.62. The number of amides is 1. The number of likely N-dealkylation sites (tertiary alicyclic amines) is 1. The number of aromatic nitrogens is 2. The van der Waals surface area contributed by atoms with Crippen molar-refractivity contribution in [2.45, 2.75) is 25.4 Å². The van der Waals surface area contributed by atoms with Gasteiger partial charge in [0.15, 0.2) is 11.5 Å². The molecule has 0 aliphatic carbocycles. The van der Waals surface area contributed by atoms with E-state index in [-0.39, 0.29) is 28.5 Å². The first-order valence-corrected chi connectivity index (χ1v) is 11.0. The maximum Gasteiger partial charge on any atom is 0.298 e. The molecule has 4 rings (SSSR count). The fourth-order valence-corrected chi connectivity index (χ4v) is 4.17. The summed E-state index contributed by atoms with van der Waals surface area (Å²) in [5.74, 6) is 2.31. The summed E-state index contributed by atoms with van der Waals surface area (Å²) in [6.07, 6.45) is 7.99. The summed E-state index contributed by atoms with van der Waals surface area (Å²) >= 11 is 11.9. The fraction of sp³-hybridized carbons (Fsp3) is 0.292. The Morgan fingerprint density at radius 3 is 2.70 bits per heavy atom. The van der Waals surface area contributed by atoms with Crippen LogP contribution < -0.4 is 9.47 Å². The molecular weight excluding hydrogens is 468 g/mol. The van der Waals surface area contributed by atoms with Crippen molar-refractivity contribution in [1.82, 2.24) is 14.9 Å². The number of benzene rings is 2. The zero-order chi connectivity index (χ0) is 23.5. The minimum absolute atomic E-state index is 0.112. The average Bonchev–Trinajstić information content (AvgIpc) is 2.84. The topological polar surface area (TPSA) is 64.6 Å². The lowest BCUT2D eigenvalue weighted by molar-refractivity contribution is -0.126. The van der Waals surface area contributed by atoms with Gasteiger partial charge in [-0.2, -0.15) is 0 Å². The second kappa shape index (κ2) is 9.82. The van der Waals surface area contributed by atoms with E-state index in [0.717, 1.165) is 0 Å². The van der Waals surface area contributed by atoms with E-state index in [1.807, 2.05) is 0 Å². The lowest BCUT2D eigenvalue weighted by Crippen LogP contribution is -2.41. The number of nitrogens with zero attached hydrogens (tertiary/aromatic N) is 3. The normalized spacial score (nSPS) is 14.2. The first-order chi connectivity index (χ1) is 15.9. The summed E-state index contributed by atoms with van der Waals surface area (Å²) in [4.78, 5) is 22.0. The molecule has 2 aromatic carbocycles. The molecule has 1 amide bonds. The van der Waals surface area contributed by atoms with Crippen LogP contribution in [0.5, 0.6) is 11.5 Å². The molecule has 1 saturated heterocycles. The largest absolute Gasteiger partial charge is 0.493 e.